The first kappa shape index (κ1) is 14.4. The zero-order valence-electron chi connectivity index (χ0n) is 13.5. The van der Waals surface area contributed by atoms with Crippen LogP contribution in [0.4, 0.5) is 0 Å². The summed E-state index contributed by atoms with van der Waals surface area (Å²) < 4.78 is 5.52. The second-order valence-electron chi connectivity index (χ2n) is 5.70. The van der Waals surface area contributed by atoms with Crippen molar-refractivity contribution in [2.75, 3.05) is 0 Å². The summed E-state index contributed by atoms with van der Waals surface area (Å²) in [7, 11) is 3.81. The molecule has 0 aromatic carbocycles. The van der Waals surface area contributed by atoms with Gasteiger partial charge in [0.1, 0.15) is 0 Å². The Balaban J connectivity index is 1.79. The zero-order chi connectivity index (χ0) is 16.5. The van der Waals surface area contributed by atoms with E-state index in [0.29, 0.717) is 6.54 Å². The van der Waals surface area contributed by atoms with Crippen molar-refractivity contribution < 1.29 is 0 Å². The second-order valence-corrected chi connectivity index (χ2v) is 5.70. The normalized spacial score (nSPS) is 11.1. The molecule has 4 heterocycles. The third kappa shape index (κ3) is 2.71. The van der Waals surface area contributed by atoms with Crippen molar-refractivity contribution in [2.24, 2.45) is 14.1 Å². The fourth-order valence-electron chi connectivity index (χ4n) is 2.66. The van der Waals surface area contributed by atoms with Crippen molar-refractivity contribution in [3.8, 4) is 22.5 Å². The molecular weight excluding hydrogens is 302 g/mol. The molecule has 0 bridgehead atoms. The fraction of sp³-hybridized carbons (Fsp3) is 0.176. The molecule has 0 N–H and O–H groups in total. The quantitative estimate of drug-likeness (QED) is 0.578. The van der Waals surface area contributed by atoms with Crippen molar-refractivity contribution in [1.82, 2.24) is 34.3 Å². The topological polar surface area (TPSA) is 66.3 Å². The lowest BCUT2D eigenvalue weighted by molar-refractivity contribution is 0.682. The van der Waals surface area contributed by atoms with Crippen LogP contribution in [0.5, 0.6) is 0 Å². The molecule has 0 saturated heterocycles. The van der Waals surface area contributed by atoms with E-state index in [9.17, 15) is 0 Å². The van der Waals surface area contributed by atoms with Gasteiger partial charge in [0.2, 0.25) is 0 Å². The van der Waals surface area contributed by atoms with Crippen LogP contribution in [0.2, 0.25) is 0 Å². The third-order valence-electron chi connectivity index (χ3n) is 3.82. The highest BCUT2D eigenvalue weighted by Gasteiger charge is 2.14. The van der Waals surface area contributed by atoms with Gasteiger partial charge in [-0.2, -0.15) is 15.3 Å². The van der Waals surface area contributed by atoms with Gasteiger partial charge in [-0.25, -0.2) is 0 Å². The van der Waals surface area contributed by atoms with E-state index >= 15 is 0 Å². The molecule has 4 rings (SSSR count). The van der Waals surface area contributed by atoms with Crippen LogP contribution >= 0.6 is 0 Å². The number of hydrogen-bond donors (Lipinski definition) is 0. The van der Waals surface area contributed by atoms with Crippen LogP contribution in [-0.4, -0.2) is 34.3 Å². The van der Waals surface area contributed by atoms with E-state index in [1.165, 1.54) is 0 Å². The van der Waals surface area contributed by atoms with Gasteiger partial charge < -0.3 is 0 Å². The molecule has 7 heteroatoms. The van der Waals surface area contributed by atoms with E-state index in [1.807, 2.05) is 61.8 Å². The first-order chi connectivity index (χ1) is 11.7. The van der Waals surface area contributed by atoms with E-state index in [4.69, 9.17) is 5.10 Å². The summed E-state index contributed by atoms with van der Waals surface area (Å²) in [6.45, 7) is 0.603. The van der Waals surface area contributed by atoms with Crippen LogP contribution in [0.3, 0.4) is 0 Å². The number of aryl methyl sites for hydroxylation is 2. The lowest BCUT2D eigenvalue weighted by atomic mass is 10.2. The van der Waals surface area contributed by atoms with Crippen molar-refractivity contribution in [3.05, 3.63) is 60.9 Å². The van der Waals surface area contributed by atoms with Gasteiger partial charge in [0, 0.05) is 43.8 Å². The molecule has 0 aliphatic heterocycles. The molecule has 0 aliphatic carbocycles. The van der Waals surface area contributed by atoms with Crippen LogP contribution in [0.1, 0.15) is 5.69 Å². The Morgan fingerprint density at radius 3 is 2.33 bits per heavy atom. The summed E-state index contributed by atoms with van der Waals surface area (Å²) in [6, 6.07) is 7.96. The van der Waals surface area contributed by atoms with Gasteiger partial charge in [0.05, 0.1) is 36.0 Å². The summed E-state index contributed by atoms with van der Waals surface area (Å²) >= 11 is 0. The van der Waals surface area contributed by atoms with Crippen molar-refractivity contribution >= 4 is 0 Å². The van der Waals surface area contributed by atoms with E-state index in [2.05, 4.69) is 21.2 Å². The molecule has 0 amide bonds. The molecule has 7 nitrogen and oxygen atoms in total. The van der Waals surface area contributed by atoms with E-state index in [1.54, 1.807) is 15.6 Å². The molecule has 0 radical (unpaired) electrons. The van der Waals surface area contributed by atoms with Gasteiger partial charge in [0.25, 0.3) is 0 Å². The van der Waals surface area contributed by atoms with Gasteiger partial charge >= 0.3 is 0 Å². The number of aromatic nitrogens is 7. The average molecular weight is 319 g/mol. The van der Waals surface area contributed by atoms with Crippen LogP contribution < -0.4 is 0 Å². The lowest BCUT2D eigenvalue weighted by Crippen LogP contribution is -2.05. The third-order valence-corrected chi connectivity index (χ3v) is 3.82. The Hall–Kier alpha value is -3.22. The monoisotopic (exact) mass is 319 g/mol. The Kier molecular flexibility index (Phi) is 3.45. The van der Waals surface area contributed by atoms with E-state index in [-0.39, 0.29) is 0 Å². The molecule has 120 valence electrons. The lowest BCUT2D eigenvalue weighted by Gasteiger charge is -2.05. The SMILES string of the molecule is Cn1cc(-c2cc(-c3cnn(C)c3)n(Cc3ccccn3)n2)cn1. The largest absolute Gasteiger partial charge is 0.275 e. The maximum Gasteiger partial charge on any atom is 0.0961 e. The van der Waals surface area contributed by atoms with Crippen molar-refractivity contribution in [3.63, 3.8) is 0 Å². The number of nitrogens with zero attached hydrogens (tertiary/aromatic N) is 7. The fourth-order valence-corrected chi connectivity index (χ4v) is 2.66. The predicted molar refractivity (Wildman–Crippen MR) is 90.0 cm³/mol. The average Bonchev–Trinajstić information content (AvgIpc) is 3.28. The number of hydrogen-bond acceptors (Lipinski definition) is 4. The Labute approximate surface area is 139 Å². The molecule has 0 atom stereocenters. The minimum absolute atomic E-state index is 0.603. The Bertz CT molecular complexity index is 962. The minimum atomic E-state index is 0.603. The molecule has 0 fully saturated rings. The maximum atomic E-state index is 4.76. The summed E-state index contributed by atoms with van der Waals surface area (Å²) in [4.78, 5) is 4.40. The van der Waals surface area contributed by atoms with Crippen molar-refractivity contribution in [2.45, 2.75) is 6.54 Å². The Morgan fingerprint density at radius 1 is 0.958 bits per heavy atom. The van der Waals surface area contributed by atoms with Gasteiger partial charge in [-0.3, -0.25) is 19.0 Å². The van der Waals surface area contributed by atoms with Gasteiger partial charge in [0.15, 0.2) is 0 Å². The summed E-state index contributed by atoms with van der Waals surface area (Å²) in [6.07, 6.45) is 9.41. The van der Waals surface area contributed by atoms with Gasteiger partial charge in [-0.05, 0) is 18.2 Å². The van der Waals surface area contributed by atoms with Crippen LogP contribution in [0, 0.1) is 0 Å². The van der Waals surface area contributed by atoms with Crippen LogP contribution in [0.15, 0.2) is 55.2 Å². The first-order valence-electron chi connectivity index (χ1n) is 7.65. The van der Waals surface area contributed by atoms with E-state index in [0.717, 1.165) is 28.2 Å². The van der Waals surface area contributed by atoms with Crippen LogP contribution in [0.25, 0.3) is 22.5 Å². The second kappa shape index (κ2) is 5.77. The molecule has 0 aliphatic rings. The summed E-state index contributed by atoms with van der Waals surface area (Å²) in [5.74, 6) is 0. The van der Waals surface area contributed by atoms with Crippen LogP contribution in [-0.2, 0) is 20.6 Å². The molecule has 4 aromatic rings. The molecular formula is C17H17N7. The highest BCUT2D eigenvalue weighted by Crippen LogP contribution is 2.26. The zero-order valence-corrected chi connectivity index (χ0v) is 13.5. The maximum absolute atomic E-state index is 4.76. The molecule has 4 aromatic heterocycles. The number of pyridine rings is 1. The van der Waals surface area contributed by atoms with Gasteiger partial charge in [-0.15, -0.1) is 0 Å². The first-order valence-corrected chi connectivity index (χ1v) is 7.65. The smallest absolute Gasteiger partial charge is 0.0961 e. The summed E-state index contributed by atoms with van der Waals surface area (Å²) in [5, 5.41) is 13.3. The molecule has 0 saturated carbocycles. The molecule has 0 unspecified atom stereocenters. The molecule has 0 spiro atoms. The summed E-state index contributed by atoms with van der Waals surface area (Å²) in [5.41, 5.74) is 4.87. The Morgan fingerprint density at radius 2 is 1.71 bits per heavy atom. The van der Waals surface area contributed by atoms with Gasteiger partial charge in [-0.1, -0.05) is 6.07 Å². The minimum Gasteiger partial charge on any atom is -0.275 e. The molecule has 24 heavy (non-hydrogen) atoms. The standard InChI is InChI=1S/C17H17N7/c1-22-10-13(8-19-22)16-7-17(14-9-20-23(2)11-14)24(21-16)12-15-5-3-4-6-18-15/h3-11H,12H2,1-2H3. The highest BCUT2D eigenvalue weighted by molar-refractivity contribution is 5.67. The highest BCUT2D eigenvalue weighted by atomic mass is 15.3. The predicted octanol–water partition coefficient (Wildman–Crippen LogP) is 2.13. The van der Waals surface area contributed by atoms with Crippen molar-refractivity contribution in [1.29, 1.82) is 0 Å². The van der Waals surface area contributed by atoms with E-state index < -0.39 is 0 Å². The number of rotatable bonds is 4.